The van der Waals surface area contributed by atoms with Crippen molar-refractivity contribution < 1.29 is 23.8 Å². The second-order valence-electron chi connectivity index (χ2n) is 7.56. The molecule has 170 valence electrons. The van der Waals surface area contributed by atoms with Crippen molar-refractivity contribution in [2.75, 3.05) is 13.7 Å². The molecule has 3 aromatic carbocycles. The Balaban J connectivity index is 1.35. The van der Waals surface area contributed by atoms with E-state index >= 15 is 0 Å². The van der Waals surface area contributed by atoms with Crippen molar-refractivity contribution in [3.63, 3.8) is 0 Å². The first-order valence-electron chi connectivity index (χ1n) is 10.7. The van der Waals surface area contributed by atoms with Gasteiger partial charge < -0.3 is 14.2 Å². The smallest absolute Gasteiger partial charge is 0.286 e. The van der Waals surface area contributed by atoms with E-state index in [0.29, 0.717) is 19.4 Å². The standard InChI is InChI=1S/C26H25NO5S/c1-30-21-8-5-9-22(17-21)32-23(19-6-3-2-4-7-19)14-15-31-20-12-10-18(11-13-20)16-24-25(28)27-26(29)33-24/h2-13,17,23-24H,14-16H2,1H3,(H,27,28,29)/t23-,24?/m0/s1. The van der Waals surface area contributed by atoms with Gasteiger partial charge in [0.25, 0.3) is 5.24 Å². The number of thioether (sulfide) groups is 1. The van der Waals surface area contributed by atoms with Gasteiger partial charge in [-0.15, -0.1) is 0 Å². The first kappa shape index (κ1) is 22.7. The molecule has 1 unspecified atom stereocenters. The molecule has 33 heavy (non-hydrogen) atoms. The molecule has 7 heteroatoms. The van der Waals surface area contributed by atoms with Gasteiger partial charge in [-0.25, -0.2) is 0 Å². The Bertz CT molecular complexity index is 1090. The molecule has 1 N–H and O–H groups in total. The molecule has 0 spiro atoms. The third-order valence-corrected chi connectivity index (χ3v) is 6.23. The summed E-state index contributed by atoms with van der Waals surface area (Å²) in [7, 11) is 1.63. The summed E-state index contributed by atoms with van der Waals surface area (Å²) in [6.45, 7) is 0.470. The third-order valence-electron chi connectivity index (χ3n) is 5.25. The van der Waals surface area contributed by atoms with Gasteiger partial charge in [-0.1, -0.05) is 60.3 Å². The molecular weight excluding hydrogens is 438 g/mol. The van der Waals surface area contributed by atoms with Gasteiger partial charge >= 0.3 is 0 Å². The highest BCUT2D eigenvalue weighted by atomic mass is 32.2. The fraction of sp³-hybridized carbons (Fsp3) is 0.231. The van der Waals surface area contributed by atoms with Crippen LogP contribution in [0.1, 0.15) is 23.7 Å². The Kier molecular flexibility index (Phi) is 7.52. The van der Waals surface area contributed by atoms with E-state index in [9.17, 15) is 9.59 Å². The molecule has 1 aliphatic rings. The third kappa shape index (κ3) is 6.29. The topological polar surface area (TPSA) is 73.9 Å². The van der Waals surface area contributed by atoms with Crippen LogP contribution in [0.4, 0.5) is 4.79 Å². The van der Waals surface area contributed by atoms with Crippen molar-refractivity contribution in [2.24, 2.45) is 0 Å². The summed E-state index contributed by atoms with van der Waals surface area (Å²) in [4.78, 5) is 23.1. The number of carbonyl (C=O) groups is 2. The van der Waals surface area contributed by atoms with Gasteiger partial charge in [0.05, 0.1) is 19.0 Å². The number of amides is 2. The SMILES string of the molecule is COc1cccc(O[C@@H](CCOc2ccc(CC3SC(=O)NC3=O)cc2)c2ccccc2)c1. The van der Waals surface area contributed by atoms with Crippen LogP contribution < -0.4 is 19.5 Å². The number of nitrogens with one attached hydrogen (secondary N) is 1. The number of benzene rings is 3. The zero-order chi connectivity index (χ0) is 23.0. The van der Waals surface area contributed by atoms with Gasteiger partial charge in [-0.05, 0) is 41.8 Å². The summed E-state index contributed by atoms with van der Waals surface area (Å²) in [6.07, 6.45) is 0.991. The lowest BCUT2D eigenvalue weighted by Gasteiger charge is -2.20. The predicted octanol–water partition coefficient (Wildman–Crippen LogP) is 5.18. The van der Waals surface area contributed by atoms with E-state index in [1.165, 1.54) is 0 Å². The fourth-order valence-electron chi connectivity index (χ4n) is 3.55. The molecule has 4 rings (SSSR count). The first-order chi connectivity index (χ1) is 16.1. The zero-order valence-electron chi connectivity index (χ0n) is 18.2. The number of hydrogen-bond acceptors (Lipinski definition) is 6. The summed E-state index contributed by atoms with van der Waals surface area (Å²) >= 11 is 1.04. The van der Waals surface area contributed by atoms with Gasteiger partial charge in [0, 0.05) is 12.5 Å². The molecule has 0 saturated carbocycles. The van der Waals surface area contributed by atoms with E-state index in [1.54, 1.807) is 7.11 Å². The summed E-state index contributed by atoms with van der Waals surface area (Å²) < 4.78 is 17.5. The number of carbonyl (C=O) groups excluding carboxylic acids is 2. The molecule has 1 saturated heterocycles. The number of ether oxygens (including phenoxy) is 3. The van der Waals surface area contributed by atoms with E-state index in [1.807, 2.05) is 78.9 Å². The molecule has 0 aliphatic carbocycles. The second kappa shape index (κ2) is 10.9. The number of hydrogen-bond donors (Lipinski definition) is 1. The van der Waals surface area contributed by atoms with Crippen LogP contribution in [0.15, 0.2) is 78.9 Å². The van der Waals surface area contributed by atoms with Crippen LogP contribution in [0.25, 0.3) is 0 Å². The number of methoxy groups -OCH3 is 1. The molecule has 2 amide bonds. The Hall–Kier alpha value is -3.45. The van der Waals surface area contributed by atoms with Crippen LogP contribution >= 0.6 is 11.8 Å². The van der Waals surface area contributed by atoms with Gasteiger partial charge in [-0.3, -0.25) is 14.9 Å². The molecule has 0 bridgehead atoms. The molecule has 1 heterocycles. The predicted molar refractivity (Wildman–Crippen MR) is 128 cm³/mol. The summed E-state index contributed by atoms with van der Waals surface area (Å²) in [6, 6.07) is 25.2. The quantitative estimate of drug-likeness (QED) is 0.447. The van der Waals surface area contributed by atoms with Gasteiger partial charge in [0.1, 0.15) is 23.4 Å². The maximum absolute atomic E-state index is 11.7. The highest BCUT2D eigenvalue weighted by Gasteiger charge is 2.31. The van der Waals surface area contributed by atoms with Crippen molar-refractivity contribution in [1.82, 2.24) is 5.32 Å². The molecule has 0 aromatic heterocycles. The van der Waals surface area contributed by atoms with Crippen molar-refractivity contribution >= 4 is 22.9 Å². The summed E-state index contributed by atoms with van der Waals surface area (Å²) in [5, 5.41) is 1.66. The van der Waals surface area contributed by atoms with Crippen LogP contribution in [0, 0.1) is 0 Å². The van der Waals surface area contributed by atoms with E-state index in [4.69, 9.17) is 14.2 Å². The van der Waals surface area contributed by atoms with E-state index in [2.05, 4.69) is 5.32 Å². The highest BCUT2D eigenvalue weighted by Crippen LogP contribution is 2.28. The van der Waals surface area contributed by atoms with E-state index in [0.717, 1.165) is 40.1 Å². The summed E-state index contributed by atoms with van der Waals surface area (Å²) in [5.74, 6) is 1.99. The van der Waals surface area contributed by atoms with Gasteiger partial charge in [0.15, 0.2) is 0 Å². The van der Waals surface area contributed by atoms with Crippen molar-refractivity contribution in [2.45, 2.75) is 24.2 Å². The van der Waals surface area contributed by atoms with Gasteiger partial charge in [-0.2, -0.15) is 0 Å². The van der Waals surface area contributed by atoms with Gasteiger partial charge in [0.2, 0.25) is 5.91 Å². The minimum atomic E-state index is -0.371. The number of rotatable bonds is 10. The van der Waals surface area contributed by atoms with Crippen LogP contribution in [0.3, 0.4) is 0 Å². The first-order valence-corrected chi connectivity index (χ1v) is 11.6. The molecule has 2 atom stereocenters. The lowest BCUT2D eigenvalue weighted by atomic mass is 10.1. The minimum absolute atomic E-state index is 0.173. The zero-order valence-corrected chi connectivity index (χ0v) is 19.0. The Morgan fingerprint density at radius 3 is 2.36 bits per heavy atom. The van der Waals surface area contributed by atoms with Crippen LogP contribution in [0.2, 0.25) is 0 Å². The monoisotopic (exact) mass is 463 g/mol. The molecule has 6 nitrogen and oxygen atoms in total. The van der Waals surface area contributed by atoms with Crippen molar-refractivity contribution in [3.8, 4) is 17.2 Å². The number of imide groups is 1. The van der Waals surface area contributed by atoms with Crippen molar-refractivity contribution in [1.29, 1.82) is 0 Å². The maximum atomic E-state index is 11.7. The normalized spacial score (nSPS) is 16.2. The second-order valence-corrected chi connectivity index (χ2v) is 8.74. The molecular formula is C26H25NO5S. The minimum Gasteiger partial charge on any atom is -0.497 e. The van der Waals surface area contributed by atoms with Crippen LogP contribution in [-0.4, -0.2) is 30.1 Å². The molecule has 1 aliphatic heterocycles. The average Bonchev–Trinajstić information content (AvgIpc) is 3.16. The lowest BCUT2D eigenvalue weighted by Crippen LogP contribution is -2.25. The largest absolute Gasteiger partial charge is 0.497 e. The Labute approximate surface area is 197 Å². The van der Waals surface area contributed by atoms with Crippen LogP contribution in [0.5, 0.6) is 17.2 Å². The molecule has 1 fully saturated rings. The van der Waals surface area contributed by atoms with Crippen molar-refractivity contribution in [3.05, 3.63) is 90.0 Å². The maximum Gasteiger partial charge on any atom is 0.286 e. The van der Waals surface area contributed by atoms with E-state index < -0.39 is 0 Å². The highest BCUT2D eigenvalue weighted by molar-refractivity contribution is 8.15. The van der Waals surface area contributed by atoms with E-state index in [-0.39, 0.29) is 22.5 Å². The average molecular weight is 464 g/mol. The fourth-order valence-corrected chi connectivity index (χ4v) is 4.41. The Morgan fingerprint density at radius 2 is 1.67 bits per heavy atom. The molecule has 0 radical (unpaired) electrons. The van der Waals surface area contributed by atoms with Crippen LogP contribution in [-0.2, 0) is 11.2 Å². The summed E-state index contributed by atoms with van der Waals surface area (Å²) in [5.41, 5.74) is 2.05. The lowest BCUT2D eigenvalue weighted by molar-refractivity contribution is -0.118. The Morgan fingerprint density at radius 1 is 0.909 bits per heavy atom. The molecule has 3 aromatic rings.